The zero-order chi connectivity index (χ0) is 19.9. The third-order valence-electron chi connectivity index (χ3n) is 4.90. The van der Waals surface area contributed by atoms with Gasteiger partial charge >= 0.3 is 5.97 Å². The van der Waals surface area contributed by atoms with Crippen molar-refractivity contribution < 1.29 is 14.7 Å². The average Bonchev–Trinajstić information content (AvgIpc) is 2.66. The van der Waals surface area contributed by atoms with Crippen LogP contribution in [0.25, 0.3) is 0 Å². The van der Waals surface area contributed by atoms with Crippen LogP contribution in [-0.4, -0.2) is 23.5 Å². The monoisotopic (exact) mass is 388 g/mol. The smallest absolute Gasteiger partial charge is 0.310 e. The van der Waals surface area contributed by atoms with Gasteiger partial charge in [0.25, 0.3) is 5.91 Å². The second-order valence-electron chi connectivity index (χ2n) is 6.53. The highest BCUT2D eigenvalue weighted by Crippen LogP contribution is 2.26. The standard InChI is InChI=1S/C21H25ClN2O3/c1-3-21(4-2,20(26)27)14-23-13-15-8-7-9-16(12-15)24-19(25)17-10-5-6-11-18(17)22/h5-12,23H,3-4,13-14H2,1-2H3,(H,24,25)(H,26,27). The summed E-state index contributed by atoms with van der Waals surface area (Å²) >= 11 is 6.06. The molecule has 0 bridgehead atoms. The number of anilines is 1. The number of carboxylic acid groups (broad SMARTS) is 1. The Kier molecular flexibility index (Phi) is 7.39. The summed E-state index contributed by atoms with van der Waals surface area (Å²) in [5.41, 5.74) is 1.28. The largest absolute Gasteiger partial charge is 0.481 e. The average molecular weight is 389 g/mol. The van der Waals surface area contributed by atoms with Gasteiger partial charge in [-0.3, -0.25) is 9.59 Å². The fraction of sp³-hybridized carbons (Fsp3) is 0.333. The Morgan fingerprint density at radius 2 is 1.78 bits per heavy atom. The predicted octanol–water partition coefficient (Wildman–Crippen LogP) is 4.57. The van der Waals surface area contributed by atoms with Gasteiger partial charge in [-0.15, -0.1) is 0 Å². The van der Waals surface area contributed by atoms with Crippen LogP contribution in [0.1, 0.15) is 42.6 Å². The van der Waals surface area contributed by atoms with Crippen molar-refractivity contribution in [1.82, 2.24) is 5.32 Å². The number of carbonyl (C=O) groups excluding carboxylic acids is 1. The SMILES string of the molecule is CCC(CC)(CNCc1cccc(NC(=O)c2ccccc2Cl)c1)C(=O)O. The van der Waals surface area contributed by atoms with E-state index < -0.39 is 11.4 Å². The van der Waals surface area contributed by atoms with Gasteiger partial charge in [0.1, 0.15) is 0 Å². The summed E-state index contributed by atoms with van der Waals surface area (Å²) in [7, 11) is 0. The third-order valence-corrected chi connectivity index (χ3v) is 5.23. The second-order valence-corrected chi connectivity index (χ2v) is 6.94. The van der Waals surface area contributed by atoms with Crippen LogP contribution in [-0.2, 0) is 11.3 Å². The van der Waals surface area contributed by atoms with Crippen LogP contribution in [0, 0.1) is 5.41 Å². The van der Waals surface area contributed by atoms with E-state index in [0.717, 1.165) is 5.56 Å². The molecule has 2 aromatic carbocycles. The van der Waals surface area contributed by atoms with E-state index in [0.29, 0.717) is 42.2 Å². The quantitative estimate of drug-likeness (QED) is 0.587. The van der Waals surface area contributed by atoms with Crippen LogP contribution in [0.5, 0.6) is 0 Å². The molecule has 0 unspecified atom stereocenters. The van der Waals surface area contributed by atoms with Gasteiger partial charge in [-0.05, 0) is 42.7 Å². The minimum atomic E-state index is -0.777. The van der Waals surface area contributed by atoms with E-state index in [2.05, 4.69) is 10.6 Å². The number of carbonyl (C=O) groups is 2. The van der Waals surface area contributed by atoms with Crippen molar-refractivity contribution in [2.75, 3.05) is 11.9 Å². The van der Waals surface area contributed by atoms with Gasteiger partial charge in [-0.2, -0.15) is 0 Å². The number of hydrogen-bond acceptors (Lipinski definition) is 3. The summed E-state index contributed by atoms with van der Waals surface area (Å²) in [6.45, 7) is 4.70. The second kappa shape index (κ2) is 9.53. The summed E-state index contributed by atoms with van der Waals surface area (Å²) < 4.78 is 0. The molecule has 0 aromatic heterocycles. The number of amides is 1. The number of aliphatic carboxylic acids is 1. The van der Waals surface area contributed by atoms with Gasteiger partial charge in [0.2, 0.25) is 0 Å². The predicted molar refractivity (Wildman–Crippen MR) is 108 cm³/mol. The molecular weight excluding hydrogens is 364 g/mol. The van der Waals surface area contributed by atoms with E-state index in [4.69, 9.17) is 11.6 Å². The van der Waals surface area contributed by atoms with Crippen LogP contribution in [0.3, 0.4) is 0 Å². The highest BCUT2D eigenvalue weighted by molar-refractivity contribution is 6.34. The molecule has 2 aromatic rings. The zero-order valence-corrected chi connectivity index (χ0v) is 16.3. The molecular formula is C21H25ClN2O3. The molecule has 0 aliphatic heterocycles. The van der Waals surface area contributed by atoms with E-state index in [1.807, 2.05) is 32.0 Å². The lowest BCUT2D eigenvalue weighted by Gasteiger charge is -2.27. The number of halogens is 1. The summed E-state index contributed by atoms with van der Waals surface area (Å²) in [6.07, 6.45) is 1.14. The normalized spacial score (nSPS) is 11.2. The van der Waals surface area contributed by atoms with Gasteiger partial charge in [0, 0.05) is 18.8 Å². The Labute approximate surface area is 164 Å². The molecule has 0 heterocycles. The fourth-order valence-corrected chi connectivity index (χ4v) is 3.15. The first-order chi connectivity index (χ1) is 12.9. The highest BCUT2D eigenvalue weighted by Gasteiger charge is 2.34. The molecule has 0 aliphatic carbocycles. The first-order valence-corrected chi connectivity index (χ1v) is 9.38. The van der Waals surface area contributed by atoms with Crippen LogP contribution >= 0.6 is 11.6 Å². The number of rotatable bonds is 9. The van der Waals surface area contributed by atoms with E-state index in [-0.39, 0.29) is 5.91 Å². The van der Waals surface area contributed by atoms with Crippen molar-refractivity contribution in [3.8, 4) is 0 Å². The van der Waals surface area contributed by atoms with Gasteiger partial charge in [-0.25, -0.2) is 0 Å². The van der Waals surface area contributed by atoms with E-state index in [1.54, 1.807) is 30.3 Å². The molecule has 0 saturated carbocycles. The maximum Gasteiger partial charge on any atom is 0.310 e. The van der Waals surface area contributed by atoms with Crippen molar-refractivity contribution in [1.29, 1.82) is 0 Å². The molecule has 5 nitrogen and oxygen atoms in total. The zero-order valence-electron chi connectivity index (χ0n) is 15.6. The molecule has 6 heteroatoms. The third kappa shape index (κ3) is 5.31. The maximum absolute atomic E-state index is 12.4. The van der Waals surface area contributed by atoms with Gasteiger partial charge < -0.3 is 15.7 Å². The molecule has 3 N–H and O–H groups in total. The molecule has 0 spiro atoms. The topological polar surface area (TPSA) is 78.4 Å². The minimum absolute atomic E-state index is 0.271. The Balaban J connectivity index is 2.00. The van der Waals surface area contributed by atoms with Gasteiger partial charge in [0.15, 0.2) is 0 Å². The van der Waals surface area contributed by atoms with Gasteiger partial charge in [0.05, 0.1) is 16.0 Å². The molecule has 144 valence electrons. The van der Waals surface area contributed by atoms with Crippen molar-refractivity contribution in [3.63, 3.8) is 0 Å². The summed E-state index contributed by atoms with van der Waals surface area (Å²) in [5.74, 6) is -1.05. The van der Waals surface area contributed by atoms with Crippen molar-refractivity contribution in [2.45, 2.75) is 33.2 Å². The lowest BCUT2D eigenvalue weighted by molar-refractivity contribution is -0.149. The molecule has 0 aliphatic rings. The van der Waals surface area contributed by atoms with Crippen LogP contribution in [0.4, 0.5) is 5.69 Å². The van der Waals surface area contributed by atoms with Crippen molar-refractivity contribution in [2.24, 2.45) is 5.41 Å². The Morgan fingerprint density at radius 1 is 1.07 bits per heavy atom. The van der Waals surface area contributed by atoms with E-state index in [1.165, 1.54) is 0 Å². The molecule has 27 heavy (non-hydrogen) atoms. The van der Waals surface area contributed by atoms with Crippen LogP contribution < -0.4 is 10.6 Å². The number of carboxylic acids is 1. The lowest BCUT2D eigenvalue weighted by Crippen LogP contribution is -2.40. The van der Waals surface area contributed by atoms with Crippen LogP contribution in [0.15, 0.2) is 48.5 Å². The number of hydrogen-bond donors (Lipinski definition) is 3. The lowest BCUT2D eigenvalue weighted by atomic mass is 9.82. The molecule has 1 amide bonds. The molecule has 0 fully saturated rings. The van der Waals surface area contributed by atoms with Crippen molar-refractivity contribution in [3.05, 3.63) is 64.7 Å². The summed E-state index contributed by atoms with van der Waals surface area (Å²) in [6, 6.07) is 14.3. The van der Waals surface area contributed by atoms with Gasteiger partial charge in [-0.1, -0.05) is 49.7 Å². The highest BCUT2D eigenvalue weighted by atomic mass is 35.5. The summed E-state index contributed by atoms with van der Waals surface area (Å²) in [5, 5.41) is 16.0. The van der Waals surface area contributed by atoms with Crippen LogP contribution in [0.2, 0.25) is 5.02 Å². The number of nitrogens with one attached hydrogen (secondary N) is 2. The molecule has 2 rings (SSSR count). The first-order valence-electron chi connectivity index (χ1n) is 9.01. The van der Waals surface area contributed by atoms with E-state index >= 15 is 0 Å². The maximum atomic E-state index is 12.4. The molecule has 0 atom stereocenters. The van der Waals surface area contributed by atoms with Crippen molar-refractivity contribution >= 4 is 29.2 Å². The molecule has 0 radical (unpaired) electrons. The Hall–Kier alpha value is -2.37. The Morgan fingerprint density at radius 3 is 2.41 bits per heavy atom. The molecule has 0 saturated heterocycles. The minimum Gasteiger partial charge on any atom is -0.481 e. The fourth-order valence-electron chi connectivity index (χ4n) is 2.93. The Bertz CT molecular complexity index is 804. The van der Waals surface area contributed by atoms with E-state index in [9.17, 15) is 14.7 Å². The number of benzene rings is 2. The first kappa shape index (κ1) is 20.9. The summed E-state index contributed by atoms with van der Waals surface area (Å²) in [4.78, 5) is 23.9.